The van der Waals surface area contributed by atoms with Crippen LogP contribution in [0.15, 0.2) is 72.8 Å². The van der Waals surface area contributed by atoms with Crippen LogP contribution in [-0.4, -0.2) is 70.0 Å². The second-order valence-corrected chi connectivity index (χ2v) is 11.2. The highest BCUT2D eigenvalue weighted by Crippen LogP contribution is 2.37. The molecule has 6 N–H and O–H groups in total. The summed E-state index contributed by atoms with van der Waals surface area (Å²) in [5.74, 6) is -4.86. The Labute approximate surface area is 277 Å². The van der Waals surface area contributed by atoms with Gasteiger partial charge in [-0.1, -0.05) is 24.3 Å². The summed E-state index contributed by atoms with van der Waals surface area (Å²) in [6.45, 7) is -0.0630. The molecule has 0 fully saturated rings. The minimum atomic E-state index is -0.814. The fourth-order valence-corrected chi connectivity index (χ4v) is 5.37. The van der Waals surface area contributed by atoms with E-state index in [4.69, 9.17) is 18.9 Å². The van der Waals surface area contributed by atoms with Crippen molar-refractivity contribution in [2.45, 2.75) is 25.7 Å². The van der Waals surface area contributed by atoms with Gasteiger partial charge < -0.3 is 49.6 Å². The van der Waals surface area contributed by atoms with E-state index in [2.05, 4.69) is 0 Å². The molecule has 0 heterocycles. The zero-order valence-electron chi connectivity index (χ0n) is 26.5. The van der Waals surface area contributed by atoms with Crippen LogP contribution in [0.25, 0.3) is 0 Å². The van der Waals surface area contributed by atoms with Crippen molar-refractivity contribution in [1.29, 1.82) is 0 Å². The van der Waals surface area contributed by atoms with Gasteiger partial charge in [-0.3, -0.25) is 0 Å². The lowest BCUT2D eigenvalue weighted by molar-refractivity contribution is 0.0361. The second kappa shape index (κ2) is 16.2. The normalized spacial score (nSPS) is 12.1. The van der Waals surface area contributed by atoms with Gasteiger partial charge in [0.15, 0.2) is 34.5 Å². The Morgan fingerprint density at radius 2 is 1.04 bits per heavy atom. The summed E-state index contributed by atoms with van der Waals surface area (Å²) in [5.41, 5.74) is 1.60. The van der Waals surface area contributed by atoms with Crippen LogP contribution in [0.3, 0.4) is 0 Å². The first kappa shape index (κ1) is 35.1. The smallest absolute Gasteiger partial charge is 0.338 e. The van der Waals surface area contributed by atoms with Crippen LogP contribution >= 0.6 is 0 Å². The Hall–Kier alpha value is -5.78. The van der Waals surface area contributed by atoms with E-state index in [9.17, 15) is 40.2 Å². The molecule has 254 valence electrons. The standard InChI is InChI=1S/C36H38O12/c1-45-27-9-3-6-21(14-27)12-23(8-5-11-47-35(43)24-16-29(37)33(41)30(38)17-24)26(13-22-7-4-10-28(15-22)46-2)20-48-36(44)25-18-31(39)34(42)32(40)19-25/h3-4,6-7,9-10,14-19,23,26,37-42H,5,8,11-13,20H2,1-2H3/t23-,26+/m1/s1. The molecule has 12 nitrogen and oxygen atoms in total. The third-order valence-corrected chi connectivity index (χ3v) is 7.92. The third-order valence-electron chi connectivity index (χ3n) is 7.92. The number of rotatable bonds is 15. The van der Waals surface area contributed by atoms with Crippen LogP contribution in [-0.2, 0) is 22.3 Å². The molecule has 0 amide bonds. The summed E-state index contributed by atoms with van der Waals surface area (Å²) < 4.78 is 21.9. The van der Waals surface area contributed by atoms with E-state index in [0.29, 0.717) is 37.2 Å². The number of hydrogen-bond acceptors (Lipinski definition) is 12. The Balaban J connectivity index is 1.57. The molecular formula is C36H38O12. The summed E-state index contributed by atoms with van der Waals surface area (Å²) >= 11 is 0. The van der Waals surface area contributed by atoms with Crippen LogP contribution in [0, 0.1) is 11.8 Å². The van der Waals surface area contributed by atoms with E-state index in [-0.39, 0.29) is 36.2 Å². The molecule has 0 bridgehead atoms. The van der Waals surface area contributed by atoms with E-state index in [1.165, 1.54) is 0 Å². The molecule has 2 atom stereocenters. The summed E-state index contributed by atoms with van der Waals surface area (Å²) in [4.78, 5) is 25.7. The number of esters is 2. The van der Waals surface area contributed by atoms with Crippen LogP contribution in [0.1, 0.15) is 44.7 Å². The van der Waals surface area contributed by atoms with Crippen molar-refractivity contribution in [2.24, 2.45) is 11.8 Å². The number of carbonyl (C=O) groups excluding carboxylic acids is 2. The van der Waals surface area contributed by atoms with Gasteiger partial charge in [-0.25, -0.2) is 9.59 Å². The Morgan fingerprint density at radius 3 is 1.50 bits per heavy atom. The largest absolute Gasteiger partial charge is 0.504 e. The molecule has 0 aromatic heterocycles. The molecule has 0 radical (unpaired) electrons. The highest BCUT2D eigenvalue weighted by atomic mass is 16.5. The van der Waals surface area contributed by atoms with Crippen molar-refractivity contribution in [3.05, 3.63) is 95.1 Å². The van der Waals surface area contributed by atoms with Crippen molar-refractivity contribution < 1.29 is 59.2 Å². The lowest BCUT2D eigenvalue weighted by Crippen LogP contribution is -2.26. The van der Waals surface area contributed by atoms with Crippen LogP contribution in [0.5, 0.6) is 46.0 Å². The van der Waals surface area contributed by atoms with Gasteiger partial charge in [0, 0.05) is 5.92 Å². The Morgan fingerprint density at radius 1 is 0.604 bits per heavy atom. The van der Waals surface area contributed by atoms with Crippen molar-refractivity contribution in [3.8, 4) is 46.0 Å². The maximum absolute atomic E-state index is 13.0. The number of aromatic hydroxyl groups is 6. The second-order valence-electron chi connectivity index (χ2n) is 11.2. The van der Waals surface area contributed by atoms with Gasteiger partial charge in [0.25, 0.3) is 0 Å². The lowest BCUT2D eigenvalue weighted by Gasteiger charge is -2.28. The van der Waals surface area contributed by atoms with E-state index < -0.39 is 46.4 Å². The fourth-order valence-electron chi connectivity index (χ4n) is 5.37. The Kier molecular flexibility index (Phi) is 11.8. The molecule has 48 heavy (non-hydrogen) atoms. The molecular weight excluding hydrogens is 624 g/mol. The summed E-state index contributed by atoms with van der Waals surface area (Å²) in [7, 11) is 3.14. The number of carbonyl (C=O) groups is 2. The maximum atomic E-state index is 13.0. The van der Waals surface area contributed by atoms with Crippen LogP contribution in [0.4, 0.5) is 0 Å². The van der Waals surface area contributed by atoms with E-state index in [1.807, 2.05) is 48.5 Å². The summed E-state index contributed by atoms with van der Waals surface area (Å²) in [6.07, 6.45) is 1.93. The van der Waals surface area contributed by atoms with Gasteiger partial charge in [-0.15, -0.1) is 0 Å². The molecule has 12 heteroatoms. The van der Waals surface area contributed by atoms with Gasteiger partial charge >= 0.3 is 11.9 Å². The summed E-state index contributed by atoms with van der Waals surface area (Å²) in [5, 5.41) is 58.6. The fraction of sp³-hybridized carbons (Fsp3) is 0.278. The van der Waals surface area contributed by atoms with E-state index >= 15 is 0 Å². The Bertz CT molecular complexity index is 1690. The van der Waals surface area contributed by atoms with Crippen LogP contribution in [0.2, 0.25) is 0 Å². The van der Waals surface area contributed by atoms with Gasteiger partial charge in [-0.2, -0.15) is 0 Å². The number of ether oxygens (including phenoxy) is 4. The molecule has 0 aliphatic rings. The summed E-state index contributed by atoms with van der Waals surface area (Å²) in [6, 6.07) is 19.1. The van der Waals surface area contributed by atoms with Gasteiger partial charge in [0.1, 0.15) is 11.5 Å². The first-order valence-electron chi connectivity index (χ1n) is 15.1. The lowest BCUT2D eigenvalue weighted by atomic mass is 9.80. The topological polar surface area (TPSA) is 192 Å². The number of phenols is 6. The minimum absolute atomic E-state index is 0.00637. The zero-order valence-corrected chi connectivity index (χ0v) is 26.5. The predicted octanol–water partition coefficient (Wildman–Crippen LogP) is 5.45. The first-order valence-corrected chi connectivity index (χ1v) is 15.1. The average Bonchev–Trinajstić information content (AvgIpc) is 3.08. The maximum Gasteiger partial charge on any atom is 0.338 e. The molecule has 0 unspecified atom stereocenters. The molecule has 4 aromatic carbocycles. The predicted molar refractivity (Wildman–Crippen MR) is 173 cm³/mol. The quantitative estimate of drug-likeness (QED) is 0.0537. The molecule has 0 spiro atoms. The number of phenolic OH excluding ortho intramolecular Hbond substituents is 6. The number of methoxy groups -OCH3 is 2. The molecule has 0 aliphatic carbocycles. The van der Waals surface area contributed by atoms with Crippen LogP contribution < -0.4 is 9.47 Å². The molecule has 0 aliphatic heterocycles. The van der Waals surface area contributed by atoms with Gasteiger partial charge in [0.05, 0.1) is 38.6 Å². The zero-order chi connectivity index (χ0) is 34.8. The van der Waals surface area contributed by atoms with Gasteiger partial charge in [0.2, 0.25) is 0 Å². The van der Waals surface area contributed by atoms with E-state index in [1.54, 1.807) is 14.2 Å². The minimum Gasteiger partial charge on any atom is -0.504 e. The first-order chi connectivity index (χ1) is 23.0. The monoisotopic (exact) mass is 662 g/mol. The molecule has 4 rings (SSSR count). The number of benzene rings is 4. The van der Waals surface area contributed by atoms with Crippen molar-refractivity contribution in [2.75, 3.05) is 27.4 Å². The van der Waals surface area contributed by atoms with Gasteiger partial charge in [-0.05, 0) is 91.3 Å². The number of hydrogen-bond donors (Lipinski definition) is 6. The van der Waals surface area contributed by atoms with Crippen molar-refractivity contribution >= 4 is 11.9 Å². The molecule has 0 saturated heterocycles. The molecule has 4 aromatic rings. The third kappa shape index (κ3) is 9.15. The SMILES string of the molecule is COc1cccc(C[C@@H](CCCOC(=O)c2cc(O)c(O)c(O)c2)[C@H](COC(=O)c2cc(O)c(O)c(O)c2)Cc2cccc(OC)c2)c1. The average molecular weight is 663 g/mol. The highest BCUT2D eigenvalue weighted by Gasteiger charge is 2.26. The van der Waals surface area contributed by atoms with Crippen molar-refractivity contribution in [1.82, 2.24) is 0 Å². The van der Waals surface area contributed by atoms with Crippen molar-refractivity contribution in [3.63, 3.8) is 0 Å². The van der Waals surface area contributed by atoms with E-state index in [0.717, 1.165) is 35.4 Å². The molecule has 0 saturated carbocycles. The highest BCUT2D eigenvalue weighted by molar-refractivity contribution is 5.91.